The van der Waals surface area contributed by atoms with Crippen LogP contribution >= 0.6 is 11.6 Å². The van der Waals surface area contributed by atoms with Crippen molar-refractivity contribution < 1.29 is 14.1 Å². The molecule has 1 rings (SSSR count). The molecule has 0 bridgehead atoms. The van der Waals surface area contributed by atoms with Crippen LogP contribution in [0, 0.1) is 21.3 Å². The van der Waals surface area contributed by atoms with Crippen molar-refractivity contribution in [2.45, 2.75) is 32.6 Å². The van der Waals surface area contributed by atoms with Gasteiger partial charge in [-0.2, -0.15) is 0 Å². The molecule has 1 atom stereocenters. The van der Waals surface area contributed by atoms with E-state index in [0.717, 1.165) is 18.2 Å². The SMILES string of the molecule is CC(C)(C)CC(Cl)CNC(=O)c1cc(F)cc([N+](=O)[O-])c1. The number of amides is 1. The number of benzene rings is 1. The number of nitro benzene ring substituents is 1. The first-order valence-corrected chi connectivity index (χ1v) is 6.89. The summed E-state index contributed by atoms with van der Waals surface area (Å²) in [7, 11) is 0. The fraction of sp³-hybridized carbons (Fsp3) is 0.500. The monoisotopic (exact) mass is 316 g/mol. The molecule has 21 heavy (non-hydrogen) atoms. The molecule has 116 valence electrons. The highest BCUT2D eigenvalue weighted by molar-refractivity contribution is 6.21. The molecule has 0 aliphatic carbocycles. The predicted octanol–water partition coefficient (Wildman–Crippen LogP) is 3.51. The minimum Gasteiger partial charge on any atom is -0.351 e. The van der Waals surface area contributed by atoms with Crippen LogP contribution in [0.4, 0.5) is 10.1 Å². The summed E-state index contributed by atoms with van der Waals surface area (Å²) < 4.78 is 13.3. The fourth-order valence-corrected chi connectivity index (χ4v) is 2.39. The summed E-state index contributed by atoms with van der Waals surface area (Å²) in [5, 5.41) is 12.9. The molecule has 0 fully saturated rings. The Morgan fingerprint density at radius 1 is 1.43 bits per heavy atom. The maximum absolute atomic E-state index is 13.3. The standard InChI is InChI=1S/C14H18ClFN2O3/c1-14(2,3)7-10(15)8-17-13(19)9-4-11(16)6-12(5-9)18(20)21/h4-6,10H,7-8H2,1-3H3,(H,17,19). The normalized spacial score (nSPS) is 12.8. The van der Waals surface area contributed by atoms with Gasteiger partial charge in [0.25, 0.3) is 11.6 Å². The maximum atomic E-state index is 13.3. The zero-order valence-corrected chi connectivity index (χ0v) is 12.9. The second kappa shape index (κ2) is 6.85. The second-order valence-electron chi connectivity index (χ2n) is 6.03. The molecule has 0 aliphatic rings. The van der Waals surface area contributed by atoms with E-state index < -0.39 is 22.3 Å². The minimum atomic E-state index is -0.827. The van der Waals surface area contributed by atoms with Crippen LogP contribution in [0.1, 0.15) is 37.6 Å². The lowest BCUT2D eigenvalue weighted by Crippen LogP contribution is -2.31. The van der Waals surface area contributed by atoms with Crippen LogP contribution < -0.4 is 5.32 Å². The fourth-order valence-electron chi connectivity index (χ4n) is 1.85. The molecule has 0 radical (unpaired) electrons. The van der Waals surface area contributed by atoms with Crippen LogP contribution in [0.25, 0.3) is 0 Å². The van der Waals surface area contributed by atoms with Crippen LogP contribution in [0.5, 0.6) is 0 Å². The summed E-state index contributed by atoms with van der Waals surface area (Å²) >= 11 is 6.11. The molecule has 0 saturated heterocycles. The van der Waals surface area contributed by atoms with E-state index in [1.54, 1.807) is 0 Å². The first-order chi connectivity index (χ1) is 9.58. The molecule has 5 nitrogen and oxygen atoms in total. The molecule has 1 N–H and O–H groups in total. The van der Waals surface area contributed by atoms with Gasteiger partial charge in [-0.05, 0) is 17.9 Å². The van der Waals surface area contributed by atoms with Crippen LogP contribution in [0.3, 0.4) is 0 Å². The Hall–Kier alpha value is -1.69. The molecule has 7 heteroatoms. The van der Waals surface area contributed by atoms with E-state index in [1.807, 2.05) is 20.8 Å². The highest BCUT2D eigenvalue weighted by Crippen LogP contribution is 2.23. The van der Waals surface area contributed by atoms with Gasteiger partial charge in [-0.1, -0.05) is 20.8 Å². The first kappa shape index (κ1) is 17.4. The quantitative estimate of drug-likeness (QED) is 0.513. The molecule has 1 amide bonds. The van der Waals surface area contributed by atoms with Gasteiger partial charge in [0.05, 0.1) is 16.4 Å². The molecular formula is C14H18ClFN2O3. The summed E-state index contributed by atoms with van der Waals surface area (Å²) in [6, 6.07) is 2.75. The van der Waals surface area contributed by atoms with Crippen LogP contribution in [0.15, 0.2) is 18.2 Å². The van der Waals surface area contributed by atoms with E-state index in [1.165, 1.54) is 0 Å². The van der Waals surface area contributed by atoms with Gasteiger partial charge in [-0.25, -0.2) is 4.39 Å². The lowest BCUT2D eigenvalue weighted by atomic mass is 9.90. The summed E-state index contributed by atoms with van der Waals surface area (Å²) in [6.07, 6.45) is 0.693. The van der Waals surface area contributed by atoms with Crippen LogP contribution in [-0.4, -0.2) is 22.8 Å². The number of carbonyl (C=O) groups excluding carboxylic acids is 1. The van der Waals surface area contributed by atoms with Crippen molar-refractivity contribution in [2.75, 3.05) is 6.54 Å². The predicted molar refractivity (Wildman–Crippen MR) is 79.1 cm³/mol. The molecular weight excluding hydrogens is 299 g/mol. The molecule has 0 saturated carbocycles. The lowest BCUT2D eigenvalue weighted by Gasteiger charge is -2.21. The smallest absolute Gasteiger partial charge is 0.273 e. The molecule has 0 aliphatic heterocycles. The summed E-state index contributed by atoms with van der Waals surface area (Å²) in [6.45, 7) is 6.29. The number of hydrogen-bond acceptors (Lipinski definition) is 3. The topological polar surface area (TPSA) is 72.2 Å². The van der Waals surface area contributed by atoms with Gasteiger partial charge < -0.3 is 5.32 Å². The van der Waals surface area contributed by atoms with Gasteiger partial charge in [-0.3, -0.25) is 14.9 Å². The Morgan fingerprint density at radius 2 is 2.05 bits per heavy atom. The number of nitrogens with one attached hydrogen (secondary N) is 1. The largest absolute Gasteiger partial charge is 0.351 e. The van der Waals surface area contributed by atoms with E-state index in [0.29, 0.717) is 6.42 Å². The van der Waals surface area contributed by atoms with Crippen molar-refractivity contribution in [3.8, 4) is 0 Å². The molecule has 1 aromatic carbocycles. The van der Waals surface area contributed by atoms with Gasteiger partial charge in [0.15, 0.2) is 0 Å². The minimum absolute atomic E-state index is 0.0226. The number of rotatable bonds is 5. The summed E-state index contributed by atoms with van der Waals surface area (Å²) in [4.78, 5) is 21.8. The van der Waals surface area contributed by atoms with Crippen molar-refractivity contribution in [1.82, 2.24) is 5.32 Å². The Kier molecular flexibility index (Phi) is 5.66. The van der Waals surface area contributed by atoms with Crippen LogP contribution in [-0.2, 0) is 0 Å². The zero-order valence-electron chi connectivity index (χ0n) is 12.2. The number of carbonyl (C=O) groups is 1. The van der Waals surface area contributed by atoms with Crippen molar-refractivity contribution in [1.29, 1.82) is 0 Å². The molecule has 0 heterocycles. The van der Waals surface area contributed by atoms with Crippen molar-refractivity contribution in [3.63, 3.8) is 0 Å². The third-order valence-corrected chi connectivity index (χ3v) is 2.98. The average molecular weight is 317 g/mol. The van der Waals surface area contributed by atoms with Crippen molar-refractivity contribution >= 4 is 23.2 Å². The number of hydrogen-bond donors (Lipinski definition) is 1. The highest BCUT2D eigenvalue weighted by Gasteiger charge is 2.19. The van der Waals surface area contributed by atoms with E-state index in [-0.39, 0.29) is 22.9 Å². The van der Waals surface area contributed by atoms with Crippen molar-refractivity contribution in [2.24, 2.45) is 5.41 Å². The number of nitrogens with zero attached hydrogens (tertiary/aromatic N) is 1. The van der Waals surface area contributed by atoms with E-state index >= 15 is 0 Å². The Bertz CT molecular complexity index is 544. The zero-order chi connectivity index (χ0) is 16.2. The van der Waals surface area contributed by atoms with E-state index in [2.05, 4.69) is 5.32 Å². The Balaban J connectivity index is 2.70. The van der Waals surface area contributed by atoms with Crippen molar-refractivity contribution in [3.05, 3.63) is 39.7 Å². The Morgan fingerprint density at radius 3 is 2.57 bits per heavy atom. The molecule has 0 spiro atoms. The third-order valence-electron chi connectivity index (χ3n) is 2.67. The van der Waals surface area contributed by atoms with Gasteiger partial charge in [-0.15, -0.1) is 11.6 Å². The molecule has 1 aromatic rings. The van der Waals surface area contributed by atoms with Crippen LogP contribution in [0.2, 0.25) is 0 Å². The number of halogens is 2. The van der Waals surface area contributed by atoms with Gasteiger partial charge >= 0.3 is 0 Å². The third kappa shape index (κ3) is 6.08. The number of nitro groups is 1. The average Bonchev–Trinajstić information content (AvgIpc) is 2.33. The summed E-state index contributed by atoms with van der Waals surface area (Å²) in [5.74, 6) is -1.41. The van der Waals surface area contributed by atoms with Gasteiger partial charge in [0.2, 0.25) is 0 Å². The second-order valence-corrected chi connectivity index (χ2v) is 6.64. The first-order valence-electron chi connectivity index (χ1n) is 6.46. The molecule has 1 unspecified atom stereocenters. The summed E-state index contributed by atoms with van der Waals surface area (Å²) in [5.41, 5.74) is -0.534. The highest BCUT2D eigenvalue weighted by atomic mass is 35.5. The lowest BCUT2D eigenvalue weighted by molar-refractivity contribution is -0.385. The molecule has 0 aromatic heterocycles. The maximum Gasteiger partial charge on any atom is 0.273 e. The Labute approximate surface area is 127 Å². The number of alkyl halides is 1. The van der Waals surface area contributed by atoms with E-state index in [9.17, 15) is 19.3 Å². The van der Waals surface area contributed by atoms with E-state index in [4.69, 9.17) is 11.6 Å². The number of non-ortho nitro benzene ring substituents is 1. The van der Waals surface area contributed by atoms with Gasteiger partial charge in [0.1, 0.15) is 5.82 Å². The van der Waals surface area contributed by atoms with Gasteiger partial charge in [0, 0.05) is 18.2 Å².